The average molecular weight is 238 g/mol. The molecule has 0 aromatic heterocycles. The Morgan fingerprint density at radius 3 is 2.81 bits per heavy atom. The Labute approximate surface area is 101 Å². The van der Waals surface area contributed by atoms with Gasteiger partial charge in [0.2, 0.25) is 0 Å². The second kappa shape index (κ2) is 6.59. The van der Waals surface area contributed by atoms with Crippen LogP contribution in [0.5, 0.6) is 5.75 Å². The van der Waals surface area contributed by atoms with Crippen LogP contribution in [0.1, 0.15) is 19.4 Å². The molecule has 0 aliphatic heterocycles. The van der Waals surface area contributed by atoms with E-state index in [0.717, 1.165) is 11.3 Å². The van der Waals surface area contributed by atoms with Crippen molar-refractivity contribution in [3.8, 4) is 5.75 Å². The van der Waals surface area contributed by atoms with E-state index in [1.165, 1.54) is 0 Å². The Balaban J connectivity index is 2.49. The van der Waals surface area contributed by atoms with Gasteiger partial charge in [0, 0.05) is 6.42 Å². The minimum Gasteiger partial charge on any atom is -0.497 e. The number of benzene rings is 1. The van der Waals surface area contributed by atoms with Crippen molar-refractivity contribution in [3.63, 3.8) is 0 Å². The Morgan fingerprint density at radius 1 is 1.44 bits per heavy atom. The van der Waals surface area contributed by atoms with Crippen LogP contribution in [0.15, 0.2) is 24.3 Å². The number of hydrogen-bond donors (Lipinski definition) is 0. The molecule has 1 aromatic carbocycles. The number of ketones is 1. The number of carbonyl (C=O) groups is 1. The minimum absolute atomic E-state index is 0.270. The molecule has 3 heteroatoms. The molecule has 1 rings (SSSR count). The largest absolute Gasteiger partial charge is 0.497 e. The summed E-state index contributed by atoms with van der Waals surface area (Å²) in [4.78, 5) is 11.7. The summed E-state index contributed by atoms with van der Waals surface area (Å²) in [6.07, 6.45) is 0.497. The molecule has 0 bridgehead atoms. The lowest BCUT2D eigenvalue weighted by molar-refractivity contribution is -0.116. The van der Waals surface area contributed by atoms with Gasteiger partial charge in [-0.05, 0) is 22.9 Å². The van der Waals surface area contributed by atoms with Gasteiger partial charge in [-0.3, -0.25) is 4.79 Å². The van der Waals surface area contributed by atoms with E-state index in [2.05, 4.69) is 13.8 Å². The van der Waals surface area contributed by atoms with Gasteiger partial charge in [0.1, 0.15) is 11.5 Å². The summed E-state index contributed by atoms with van der Waals surface area (Å²) < 4.78 is 5.12. The van der Waals surface area contributed by atoms with Gasteiger partial charge >= 0.3 is 0 Å². The number of thioether (sulfide) groups is 1. The Bertz CT molecular complexity index is 348. The monoisotopic (exact) mass is 238 g/mol. The molecular formula is C13H18O2S. The first-order valence-corrected chi connectivity index (χ1v) is 6.43. The fourth-order valence-electron chi connectivity index (χ4n) is 1.32. The van der Waals surface area contributed by atoms with Crippen molar-refractivity contribution in [2.45, 2.75) is 25.5 Å². The molecule has 0 aliphatic rings. The van der Waals surface area contributed by atoms with Crippen LogP contribution in [0.3, 0.4) is 0 Å². The summed E-state index contributed by atoms with van der Waals surface area (Å²) in [5, 5.41) is 0.509. The number of carbonyl (C=O) groups excluding carboxylic acids is 1. The SMILES string of the molecule is COc1cccc(CC(=O)CSC(C)C)c1. The Morgan fingerprint density at radius 2 is 2.19 bits per heavy atom. The van der Waals surface area contributed by atoms with E-state index < -0.39 is 0 Å². The molecule has 0 spiro atoms. The highest BCUT2D eigenvalue weighted by molar-refractivity contribution is 8.00. The second-order valence-electron chi connectivity index (χ2n) is 3.93. The first-order chi connectivity index (χ1) is 7.61. The van der Waals surface area contributed by atoms with Crippen LogP contribution in [0.25, 0.3) is 0 Å². The quantitative estimate of drug-likeness (QED) is 0.762. The molecule has 0 saturated heterocycles. The van der Waals surface area contributed by atoms with Crippen LogP contribution in [0.4, 0.5) is 0 Å². The molecule has 0 atom stereocenters. The third kappa shape index (κ3) is 4.71. The summed E-state index contributed by atoms with van der Waals surface area (Å²) in [6, 6.07) is 7.67. The molecular weight excluding hydrogens is 220 g/mol. The van der Waals surface area contributed by atoms with Gasteiger partial charge in [-0.15, -0.1) is 0 Å². The van der Waals surface area contributed by atoms with Gasteiger partial charge in [-0.1, -0.05) is 26.0 Å². The van der Waals surface area contributed by atoms with Crippen molar-refractivity contribution in [1.29, 1.82) is 0 Å². The molecule has 0 saturated carbocycles. The summed E-state index contributed by atoms with van der Waals surface area (Å²) >= 11 is 1.69. The summed E-state index contributed by atoms with van der Waals surface area (Å²) in [7, 11) is 1.63. The van der Waals surface area contributed by atoms with E-state index in [4.69, 9.17) is 4.74 Å². The van der Waals surface area contributed by atoms with Crippen LogP contribution in [0.2, 0.25) is 0 Å². The maximum atomic E-state index is 11.7. The molecule has 88 valence electrons. The molecule has 0 amide bonds. The van der Waals surface area contributed by atoms with Crippen molar-refractivity contribution < 1.29 is 9.53 Å². The van der Waals surface area contributed by atoms with Crippen molar-refractivity contribution in [2.75, 3.05) is 12.9 Å². The highest BCUT2D eigenvalue weighted by atomic mass is 32.2. The summed E-state index contributed by atoms with van der Waals surface area (Å²) in [5.74, 6) is 1.67. The van der Waals surface area contributed by atoms with Crippen LogP contribution < -0.4 is 4.74 Å². The highest BCUT2D eigenvalue weighted by Crippen LogP contribution is 2.15. The van der Waals surface area contributed by atoms with Crippen LogP contribution in [-0.2, 0) is 11.2 Å². The maximum Gasteiger partial charge on any atom is 0.147 e. The molecule has 16 heavy (non-hydrogen) atoms. The minimum atomic E-state index is 0.270. The maximum absolute atomic E-state index is 11.7. The van der Waals surface area contributed by atoms with E-state index >= 15 is 0 Å². The van der Waals surface area contributed by atoms with Gasteiger partial charge in [0.05, 0.1) is 12.9 Å². The lowest BCUT2D eigenvalue weighted by Gasteiger charge is -2.05. The molecule has 1 aromatic rings. The van der Waals surface area contributed by atoms with Gasteiger partial charge in [-0.25, -0.2) is 0 Å². The summed E-state index contributed by atoms with van der Waals surface area (Å²) in [5.41, 5.74) is 1.02. The van der Waals surface area contributed by atoms with Crippen LogP contribution >= 0.6 is 11.8 Å². The first kappa shape index (κ1) is 13.1. The lowest BCUT2D eigenvalue weighted by Crippen LogP contribution is -2.07. The zero-order valence-corrected chi connectivity index (χ0v) is 10.8. The third-order valence-electron chi connectivity index (χ3n) is 2.11. The van der Waals surface area contributed by atoms with Gasteiger partial charge in [0.15, 0.2) is 0 Å². The lowest BCUT2D eigenvalue weighted by atomic mass is 10.1. The molecule has 2 nitrogen and oxygen atoms in total. The third-order valence-corrected chi connectivity index (χ3v) is 3.27. The van der Waals surface area contributed by atoms with Crippen molar-refractivity contribution in [1.82, 2.24) is 0 Å². The predicted molar refractivity (Wildman–Crippen MR) is 69.3 cm³/mol. The second-order valence-corrected chi connectivity index (χ2v) is 5.49. The molecule has 0 N–H and O–H groups in total. The number of rotatable bonds is 6. The number of ether oxygens (including phenoxy) is 1. The number of methoxy groups -OCH3 is 1. The van der Waals surface area contributed by atoms with E-state index in [1.807, 2.05) is 24.3 Å². The molecule has 0 fully saturated rings. The molecule has 0 unspecified atom stereocenters. The van der Waals surface area contributed by atoms with Crippen molar-refractivity contribution >= 4 is 17.5 Å². The van der Waals surface area contributed by atoms with Gasteiger partial charge in [0.25, 0.3) is 0 Å². The zero-order chi connectivity index (χ0) is 12.0. The van der Waals surface area contributed by atoms with Gasteiger partial charge in [-0.2, -0.15) is 11.8 Å². The Kier molecular flexibility index (Phi) is 5.39. The fraction of sp³-hybridized carbons (Fsp3) is 0.462. The topological polar surface area (TPSA) is 26.3 Å². The Hall–Kier alpha value is -0.960. The van der Waals surface area contributed by atoms with Crippen LogP contribution in [0, 0.1) is 0 Å². The number of hydrogen-bond acceptors (Lipinski definition) is 3. The highest BCUT2D eigenvalue weighted by Gasteiger charge is 2.06. The smallest absolute Gasteiger partial charge is 0.147 e. The predicted octanol–water partition coefficient (Wildman–Crippen LogP) is 2.95. The number of Topliss-reactive ketones (excluding diaryl/α,β-unsaturated/α-hetero) is 1. The molecule has 0 radical (unpaired) electrons. The zero-order valence-electron chi connectivity index (χ0n) is 10.0. The average Bonchev–Trinajstić information content (AvgIpc) is 2.26. The first-order valence-electron chi connectivity index (χ1n) is 5.38. The van der Waals surface area contributed by atoms with Crippen molar-refractivity contribution in [3.05, 3.63) is 29.8 Å². The van der Waals surface area contributed by atoms with Crippen molar-refractivity contribution in [2.24, 2.45) is 0 Å². The van der Waals surface area contributed by atoms with Crippen LogP contribution in [-0.4, -0.2) is 23.9 Å². The van der Waals surface area contributed by atoms with E-state index in [9.17, 15) is 4.79 Å². The molecule has 0 aliphatic carbocycles. The van der Waals surface area contributed by atoms with E-state index in [-0.39, 0.29) is 5.78 Å². The molecule has 0 heterocycles. The van der Waals surface area contributed by atoms with E-state index in [1.54, 1.807) is 18.9 Å². The van der Waals surface area contributed by atoms with E-state index in [0.29, 0.717) is 17.4 Å². The summed E-state index contributed by atoms with van der Waals surface area (Å²) in [6.45, 7) is 4.20. The fourth-order valence-corrected chi connectivity index (χ4v) is 1.94. The normalized spacial score (nSPS) is 10.5. The van der Waals surface area contributed by atoms with Gasteiger partial charge < -0.3 is 4.74 Å². The standard InChI is InChI=1S/C13H18O2S/c1-10(2)16-9-12(14)7-11-5-4-6-13(8-11)15-3/h4-6,8,10H,7,9H2,1-3H3.